The Morgan fingerprint density at radius 2 is 1.94 bits per heavy atom. The summed E-state index contributed by atoms with van der Waals surface area (Å²) in [5, 5.41) is 8.29. The predicted molar refractivity (Wildman–Crippen MR) is 112 cm³/mol. The molecule has 0 spiro atoms. The number of carbonyl (C=O) groups excluding carboxylic acids is 1. The standard InChI is InChI=1S/C23H27N5O3/c1-15-20(16(2)30-25-15)21(29)28-10-9-19-12-27(11-18-7-5-4-6-8-18)13-23(19,14-28)22-24-17(3)31-26-22/h4-8,19H,9-14H2,1-3H3/t19-,23+/m0/s1. The molecule has 0 unspecified atom stereocenters. The van der Waals surface area contributed by atoms with Crippen molar-refractivity contribution in [3.05, 3.63) is 64.6 Å². The number of carbonyl (C=O) groups is 1. The topological polar surface area (TPSA) is 88.5 Å². The van der Waals surface area contributed by atoms with Crippen LogP contribution in [0.25, 0.3) is 0 Å². The van der Waals surface area contributed by atoms with Crippen molar-refractivity contribution in [2.24, 2.45) is 5.92 Å². The van der Waals surface area contributed by atoms with E-state index in [4.69, 9.17) is 9.05 Å². The molecule has 3 aromatic rings. The number of amides is 1. The van der Waals surface area contributed by atoms with Crippen molar-refractivity contribution in [1.29, 1.82) is 0 Å². The average molecular weight is 422 g/mol. The fraction of sp³-hybridized carbons (Fsp3) is 0.478. The zero-order chi connectivity index (χ0) is 21.6. The van der Waals surface area contributed by atoms with Crippen molar-refractivity contribution < 1.29 is 13.8 Å². The molecule has 2 fully saturated rings. The Kier molecular flexibility index (Phi) is 4.89. The van der Waals surface area contributed by atoms with Gasteiger partial charge in [0.25, 0.3) is 5.91 Å². The molecule has 162 valence electrons. The maximum Gasteiger partial charge on any atom is 0.259 e. The second-order valence-electron chi connectivity index (χ2n) is 8.86. The molecule has 2 aliphatic rings. The largest absolute Gasteiger partial charge is 0.361 e. The minimum Gasteiger partial charge on any atom is -0.361 e. The summed E-state index contributed by atoms with van der Waals surface area (Å²) in [7, 11) is 0. The maximum absolute atomic E-state index is 13.4. The van der Waals surface area contributed by atoms with Crippen molar-refractivity contribution >= 4 is 5.91 Å². The van der Waals surface area contributed by atoms with Gasteiger partial charge in [0.2, 0.25) is 5.89 Å². The lowest BCUT2D eigenvalue weighted by atomic mass is 9.72. The monoisotopic (exact) mass is 421 g/mol. The van der Waals surface area contributed by atoms with E-state index in [1.54, 1.807) is 6.92 Å². The van der Waals surface area contributed by atoms with Gasteiger partial charge in [-0.15, -0.1) is 0 Å². The molecule has 0 saturated carbocycles. The van der Waals surface area contributed by atoms with Gasteiger partial charge >= 0.3 is 0 Å². The summed E-state index contributed by atoms with van der Waals surface area (Å²) in [6.45, 7) is 9.28. The van der Waals surface area contributed by atoms with Crippen molar-refractivity contribution in [3.8, 4) is 0 Å². The minimum atomic E-state index is -0.348. The van der Waals surface area contributed by atoms with Gasteiger partial charge in [-0.25, -0.2) is 0 Å². The normalized spacial score (nSPS) is 23.8. The highest BCUT2D eigenvalue weighted by atomic mass is 16.5. The van der Waals surface area contributed by atoms with Gasteiger partial charge < -0.3 is 13.9 Å². The third kappa shape index (κ3) is 3.44. The lowest BCUT2D eigenvalue weighted by molar-refractivity contribution is 0.0571. The number of benzene rings is 1. The molecule has 5 rings (SSSR count). The summed E-state index contributed by atoms with van der Waals surface area (Å²) in [6.07, 6.45) is 0.897. The van der Waals surface area contributed by atoms with Crippen molar-refractivity contribution in [3.63, 3.8) is 0 Å². The lowest BCUT2D eigenvalue weighted by Crippen LogP contribution is -2.54. The third-order valence-corrected chi connectivity index (χ3v) is 6.74. The van der Waals surface area contributed by atoms with Gasteiger partial charge in [-0.1, -0.05) is 40.6 Å². The van der Waals surface area contributed by atoms with E-state index in [-0.39, 0.29) is 11.3 Å². The van der Waals surface area contributed by atoms with Gasteiger partial charge in [0.05, 0.1) is 11.1 Å². The quantitative estimate of drug-likeness (QED) is 0.640. The Morgan fingerprint density at radius 3 is 2.61 bits per heavy atom. The van der Waals surface area contributed by atoms with Gasteiger partial charge in [0.15, 0.2) is 5.82 Å². The number of hydrogen-bond acceptors (Lipinski definition) is 7. The zero-order valence-electron chi connectivity index (χ0n) is 18.2. The molecule has 1 amide bonds. The van der Waals surface area contributed by atoms with Gasteiger partial charge in [-0.3, -0.25) is 9.69 Å². The Labute approximate surface area is 181 Å². The third-order valence-electron chi connectivity index (χ3n) is 6.74. The van der Waals surface area contributed by atoms with Crippen LogP contribution >= 0.6 is 0 Å². The van der Waals surface area contributed by atoms with Crippen LogP contribution in [0.5, 0.6) is 0 Å². The van der Waals surface area contributed by atoms with Gasteiger partial charge in [0.1, 0.15) is 11.3 Å². The van der Waals surface area contributed by atoms with Crippen LogP contribution < -0.4 is 0 Å². The molecule has 0 aliphatic carbocycles. The van der Waals surface area contributed by atoms with E-state index in [1.807, 2.05) is 24.8 Å². The first-order chi connectivity index (χ1) is 15.0. The number of likely N-dealkylation sites (tertiary alicyclic amines) is 2. The van der Waals surface area contributed by atoms with E-state index in [1.165, 1.54) is 5.56 Å². The highest BCUT2D eigenvalue weighted by Crippen LogP contribution is 2.44. The van der Waals surface area contributed by atoms with Crippen LogP contribution in [-0.4, -0.2) is 57.2 Å². The molecular weight excluding hydrogens is 394 g/mol. The zero-order valence-corrected chi connectivity index (χ0v) is 18.2. The van der Waals surface area contributed by atoms with Crippen LogP contribution in [0.1, 0.15) is 45.5 Å². The van der Waals surface area contributed by atoms with Crippen molar-refractivity contribution in [2.45, 2.75) is 39.2 Å². The van der Waals surface area contributed by atoms with Gasteiger partial charge in [0, 0.05) is 39.6 Å². The van der Waals surface area contributed by atoms with Crippen LogP contribution in [0.3, 0.4) is 0 Å². The van der Waals surface area contributed by atoms with E-state index < -0.39 is 0 Å². The number of aryl methyl sites for hydroxylation is 3. The summed E-state index contributed by atoms with van der Waals surface area (Å²) in [5.41, 5.74) is 2.13. The van der Waals surface area contributed by atoms with E-state index in [9.17, 15) is 4.79 Å². The van der Waals surface area contributed by atoms with Crippen LogP contribution in [-0.2, 0) is 12.0 Å². The van der Waals surface area contributed by atoms with Crippen LogP contribution in [0.15, 0.2) is 39.4 Å². The van der Waals surface area contributed by atoms with Crippen LogP contribution in [0.2, 0.25) is 0 Å². The molecule has 1 aromatic carbocycles. The summed E-state index contributed by atoms with van der Waals surface area (Å²) in [4.78, 5) is 22.4. The van der Waals surface area contributed by atoms with E-state index in [2.05, 4.69) is 44.5 Å². The fourth-order valence-electron chi connectivity index (χ4n) is 5.26. The number of rotatable bonds is 4. The van der Waals surface area contributed by atoms with E-state index >= 15 is 0 Å². The molecule has 0 bridgehead atoms. The SMILES string of the molecule is Cc1nc([C@@]23CN(Cc4ccccc4)C[C@@H]2CCN(C(=O)c2c(C)noc2C)C3)no1. The first kappa shape index (κ1) is 19.9. The average Bonchev–Trinajstić information content (AvgIpc) is 3.45. The second-order valence-corrected chi connectivity index (χ2v) is 8.86. The van der Waals surface area contributed by atoms with E-state index in [0.29, 0.717) is 47.7 Å². The molecule has 2 atom stereocenters. The lowest BCUT2D eigenvalue weighted by Gasteiger charge is -2.42. The van der Waals surface area contributed by atoms with Gasteiger partial charge in [-0.2, -0.15) is 4.98 Å². The van der Waals surface area contributed by atoms with Crippen LogP contribution in [0.4, 0.5) is 0 Å². The highest BCUT2D eigenvalue weighted by molar-refractivity contribution is 5.96. The van der Waals surface area contributed by atoms with Crippen molar-refractivity contribution in [1.82, 2.24) is 25.1 Å². The summed E-state index contributed by atoms with van der Waals surface area (Å²) in [6, 6.07) is 10.5. The smallest absolute Gasteiger partial charge is 0.259 e. The van der Waals surface area contributed by atoms with Crippen LogP contribution in [0, 0.1) is 26.7 Å². The predicted octanol–water partition coefficient (Wildman–Crippen LogP) is 2.90. The molecule has 4 heterocycles. The summed E-state index contributed by atoms with van der Waals surface area (Å²) >= 11 is 0. The number of fused-ring (bicyclic) bond motifs is 1. The first-order valence-corrected chi connectivity index (χ1v) is 10.8. The van der Waals surface area contributed by atoms with Gasteiger partial charge in [-0.05, 0) is 31.7 Å². The first-order valence-electron chi connectivity index (χ1n) is 10.8. The number of aromatic nitrogens is 3. The van der Waals surface area contributed by atoms with Crippen molar-refractivity contribution in [2.75, 3.05) is 26.2 Å². The summed E-state index contributed by atoms with van der Waals surface area (Å²) in [5.74, 6) is 2.16. The molecule has 31 heavy (non-hydrogen) atoms. The molecular formula is C23H27N5O3. The fourth-order valence-corrected chi connectivity index (χ4v) is 5.26. The molecule has 0 N–H and O–H groups in total. The minimum absolute atomic E-state index is 0.0317. The number of piperidine rings is 1. The second kappa shape index (κ2) is 7.60. The number of hydrogen-bond donors (Lipinski definition) is 0. The highest BCUT2D eigenvalue weighted by Gasteiger charge is 2.54. The Balaban J connectivity index is 1.45. The maximum atomic E-state index is 13.4. The molecule has 2 aromatic heterocycles. The Morgan fingerprint density at radius 1 is 1.13 bits per heavy atom. The molecule has 8 nitrogen and oxygen atoms in total. The molecule has 2 aliphatic heterocycles. The Hall–Kier alpha value is -3.00. The summed E-state index contributed by atoms with van der Waals surface area (Å²) < 4.78 is 10.6. The molecule has 8 heteroatoms. The molecule has 2 saturated heterocycles. The van der Waals surface area contributed by atoms with E-state index in [0.717, 1.165) is 26.1 Å². The number of nitrogens with zero attached hydrogens (tertiary/aromatic N) is 5. The Bertz CT molecular complexity index is 1070. The molecule has 0 radical (unpaired) electrons.